The third-order valence-corrected chi connectivity index (χ3v) is 4.45. The van der Waals surface area contributed by atoms with E-state index in [4.69, 9.17) is 9.84 Å². The Morgan fingerprint density at radius 3 is 2.81 bits per heavy atom. The number of nitriles is 1. The Kier molecular flexibility index (Phi) is 7.54. The summed E-state index contributed by atoms with van der Waals surface area (Å²) in [5, 5.41) is 26.7. The number of anilines is 3. The Bertz CT molecular complexity index is 1070. The molecule has 0 fully saturated rings. The van der Waals surface area contributed by atoms with Crippen LogP contribution in [0.2, 0.25) is 0 Å². The van der Waals surface area contributed by atoms with Gasteiger partial charge < -0.3 is 25.4 Å². The topological polar surface area (TPSA) is 119 Å². The smallest absolute Gasteiger partial charge is 0.253 e. The molecule has 0 amide bonds. The Morgan fingerprint density at radius 1 is 1.23 bits per heavy atom. The highest BCUT2D eigenvalue weighted by Gasteiger charge is 2.14. The number of fused-ring (bicyclic) bond motifs is 1. The van der Waals surface area contributed by atoms with Crippen molar-refractivity contribution in [1.82, 2.24) is 19.9 Å². The first kappa shape index (κ1) is 22.2. The fraction of sp³-hybridized carbons (Fsp3) is 0.364. The van der Waals surface area contributed by atoms with Crippen molar-refractivity contribution < 1.29 is 9.84 Å². The highest BCUT2D eigenvalue weighted by Crippen LogP contribution is 2.26. The van der Waals surface area contributed by atoms with E-state index < -0.39 is 0 Å². The van der Waals surface area contributed by atoms with E-state index in [0.717, 1.165) is 16.5 Å². The maximum atomic E-state index is 9.32. The SMILES string of the molecule is C[C@H](CN(C)C)Oc1nc(Nc2cc3cccc(NCCCO)c3cn2)cnc1C#N. The van der Waals surface area contributed by atoms with Crippen LogP contribution in [0.15, 0.2) is 36.7 Å². The molecule has 3 N–H and O–H groups in total. The summed E-state index contributed by atoms with van der Waals surface area (Å²) in [4.78, 5) is 15.1. The number of aliphatic hydroxyl groups excluding tert-OH is 1. The van der Waals surface area contributed by atoms with Crippen LogP contribution in [0.5, 0.6) is 5.88 Å². The van der Waals surface area contributed by atoms with Gasteiger partial charge in [-0.25, -0.2) is 9.97 Å². The molecule has 0 saturated carbocycles. The quantitative estimate of drug-likeness (QED) is 0.424. The Balaban J connectivity index is 1.80. The molecular weight excluding hydrogens is 394 g/mol. The van der Waals surface area contributed by atoms with E-state index in [-0.39, 0.29) is 24.3 Å². The van der Waals surface area contributed by atoms with Gasteiger partial charge in [-0.15, -0.1) is 0 Å². The second kappa shape index (κ2) is 10.5. The number of benzene rings is 1. The predicted molar refractivity (Wildman–Crippen MR) is 121 cm³/mol. The Labute approximate surface area is 181 Å². The maximum Gasteiger partial charge on any atom is 0.253 e. The third kappa shape index (κ3) is 6.01. The molecule has 0 radical (unpaired) electrons. The number of pyridine rings is 1. The lowest BCUT2D eigenvalue weighted by atomic mass is 10.1. The summed E-state index contributed by atoms with van der Waals surface area (Å²) in [5.74, 6) is 1.24. The minimum Gasteiger partial charge on any atom is -0.471 e. The van der Waals surface area contributed by atoms with Crippen LogP contribution >= 0.6 is 0 Å². The van der Waals surface area contributed by atoms with Crippen LogP contribution in [0.1, 0.15) is 19.0 Å². The van der Waals surface area contributed by atoms with Crippen molar-refractivity contribution in [1.29, 1.82) is 5.26 Å². The number of likely N-dealkylation sites (N-methyl/N-ethyl adjacent to an activating group) is 1. The van der Waals surface area contributed by atoms with Crippen LogP contribution in [-0.2, 0) is 0 Å². The number of aliphatic hydroxyl groups is 1. The highest BCUT2D eigenvalue weighted by atomic mass is 16.5. The molecule has 0 saturated heterocycles. The molecule has 3 rings (SSSR count). The number of nitrogens with one attached hydrogen (secondary N) is 2. The normalized spacial score (nSPS) is 11.9. The molecule has 2 heterocycles. The number of hydrogen-bond acceptors (Lipinski definition) is 9. The molecule has 2 aromatic heterocycles. The molecule has 0 unspecified atom stereocenters. The molecule has 0 aliphatic heterocycles. The summed E-state index contributed by atoms with van der Waals surface area (Å²) in [6.45, 7) is 3.44. The number of rotatable bonds is 10. The van der Waals surface area contributed by atoms with E-state index in [0.29, 0.717) is 31.1 Å². The lowest BCUT2D eigenvalue weighted by molar-refractivity contribution is 0.169. The van der Waals surface area contributed by atoms with Gasteiger partial charge in [-0.2, -0.15) is 10.2 Å². The van der Waals surface area contributed by atoms with Gasteiger partial charge in [-0.1, -0.05) is 12.1 Å². The van der Waals surface area contributed by atoms with Gasteiger partial charge >= 0.3 is 0 Å². The van der Waals surface area contributed by atoms with Gasteiger partial charge in [0.2, 0.25) is 5.69 Å². The molecule has 162 valence electrons. The van der Waals surface area contributed by atoms with Crippen molar-refractivity contribution in [2.75, 3.05) is 44.4 Å². The van der Waals surface area contributed by atoms with E-state index in [1.165, 1.54) is 6.20 Å². The summed E-state index contributed by atoms with van der Waals surface area (Å²) in [6, 6.07) is 9.89. The van der Waals surface area contributed by atoms with Crippen molar-refractivity contribution in [3.63, 3.8) is 0 Å². The average Bonchev–Trinajstić information content (AvgIpc) is 2.73. The molecule has 3 aromatic rings. The Hall–Kier alpha value is -3.48. The highest BCUT2D eigenvalue weighted by molar-refractivity contribution is 5.94. The molecule has 1 atom stereocenters. The van der Waals surface area contributed by atoms with Crippen LogP contribution < -0.4 is 15.4 Å². The second-order valence-corrected chi connectivity index (χ2v) is 7.44. The molecule has 1 aromatic carbocycles. The van der Waals surface area contributed by atoms with Gasteiger partial charge in [-0.3, -0.25) is 0 Å². The zero-order valence-electron chi connectivity index (χ0n) is 18.0. The van der Waals surface area contributed by atoms with E-state index in [1.54, 1.807) is 6.20 Å². The lowest BCUT2D eigenvalue weighted by Gasteiger charge is -2.18. The number of hydrogen-bond donors (Lipinski definition) is 3. The van der Waals surface area contributed by atoms with Gasteiger partial charge in [0.25, 0.3) is 5.88 Å². The number of ether oxygens (including phenoxy) is 1. The van der Waals surface area contributed by atoms with E-state index in [1.807, 2.05) is 56.3 Å². The fourth-order valence-electron chi connectivity index (χ4n) is 3.16. The van der Waals surface area contributed by atoms with Crippen LogP contribution in [0.25, 0.3) is 10.8 Å². The van der Waals surface area contributed by atoms with Gasteiger partial charge in [0, 0.05) is 37.0 Å². The summed E-state index contributed by atoms with van der Waals surface area (Å²) in [7, 11) is 3.90. The van der Waals surface area contributed by atoms with Crippen molar-refractivity contribution in [3.8, 4) is 11.9 Å². The van der Waals surface area contributed by atoms with E-state index in [2.05, 4.69) is 25.6 Å². The number of nitrogens with zero attached hydrogens (tertiary/aromatic N) is 5. The minimum atomic E-state index is -0.151. The summed E-state index contributed by atoms with van der Waals surface area (Å²) in [5.41, 5.74) is 1.11. The molecular formula is C22H27N7O2. The van der Waals surface area contributed by atoms with Crippen molar-refractivity contribution >= 4 is 28.1 Å². The van der Waals surface area contributed by atoms with Crippen LogP contribution in [0.3, 0.4) is 0 Å². The first-order valence-electron chi connectivity index (χ1n) is 10.1. The molecule has 0 aliphatic carbocycles. The maximum absolute atomic E-state index is 9.32. The van der Waals surface area contributed by atoms with Gasteiger partial charge in [0.1, 0.15) is 18.0 Å². The third-order valence-electron chi connectivity index (χ3n) is 4.45. The van der Waals surface area contributed by atoms with Gasteiger partial charge in [0.05, 0.1) is 6.20 Å². The Morgan fingerprint density at radius 2 is 2.06 bits per heavy atom. The summed E-state index contributed by atoms with van der Waals surface area (Å²) in [6.07, 6.45) is 3.80. The average molecular weight is 422 g/mol. The predicted octanol–water partition coefficient (Wildman–Crippen LogP) is 2.76. The lowest BCUT2D eigenvalue weighted by Crippen LogP contribution is -2.28. The monoisotopic (exact) mass is 421 g/mol. The second-order valence-electron chi connectivity index (χ2n) is 7.44. The van der Waals surface area contributed by atoms with Gasteiger partial charge in [0.15, 0.2) is 5.82 Å². The summed E-state index contributed by atoms with van der Waals surface area (Å²) >= 11 is 0. The molecule has 9 nitrogen and oxygen atoms in total. The molecule has 9 heteroatoms. The zero-order chi connectivity index (χ0) is 22.2. The first-order chi connectivity index (χ1) is 15.0. The van der Waals surface area contributed by atoms with Crippen molar-refractivity contribution in [2.45, 2.75) is 19.4 Å². The van der Waals surface area contributed by atoms with E-state index >= 15 is 0 Å². The van der Waals surface area contributed by atoms with Crippen molar-refractivity contribution in [2.24, 2.45) is 0 Å². The standard InChI is InChI=1S/C22H27N7O2/c1-15(14-29(2)3)31-22-19(11-23)25-13-21(28-22)27-20-10-16-6-4-7-18(17(16)12-26-20)24-8-5-9-30/h4,6-7,10,12-13,15,24,30H,5,8-9,14H2,1-3H3,(H,26,27,28)/t15-/m1/s1. The van der Waals surface area contributed by atoms with E-state index in [9.17, 15) is 5.26 Å². The first-order valence-corrected chi connectivity index (χ1v) is 10.1. The number of aromatic nitrogens is 3. The molecule has 0 bridgehead atoms. The van der Waals surface area contributed by atoms with Gasteiger partial charge in [-0.05, 0) is 45.0 Å². The fourth-order valence-corrected chi connectivity index (χ4v) is 3.16. The van der Waals surface area contributed by atoms with Crippen LogP contribution in [0, 0.1) is 11.3 Å². The van der Waals surface area contributed by atoms with Crippen molar-refractivity contribution in [3.05, 3.63) is 42.4 Å². The van der Waals surface area contributed by atoms with Crippen LogP contribution in [0.4, 0.5) is 17.3 Å². The minimum absolute atomic E-state index is 0.140. The summed E-state index contributed by atoms with van der Waals surface area (Å²) < 4.78 is 5.83. The largest absolute Gasteiger partial charge is 0.471 e. The zero-order valence-corrected chi connectivity index (χ0v) is 18.0. The van der Waals surface area contributed by atoms with Crippen LogP contribution in [-0.4, -0.2) is 64.9 Å². The molecule has 31 heavy (non-hydrogen) atoms. The molecule has 0 spiro atoms. The molecule has 0 aliphatic rings.